The van der Waals surface area contributed by atoms with Gasteiger partial charge in [0.1, 0.15) is 23.0 Å². The number of thiazole rings is 1. The van der Waals surface area contributed by atoms with Crippen molar-refractivity contribution in [2.24, 2.45) is 0 Å². The van der Waals surface area contributed by atoms with Crippen molar-refractivity contribution < 1.29 is 14.0 Å². The number of benzene rings is 1. The quantitative estimate of drug-likeness (QED) is 0.363. The Kier molecular flexibility index (Phi) is 5.26. The van der Waals surface area contributed by atoms with Crippen molar-refractivity contribution in [2.75, 3.05) is 10.6 Å². The van der Waals surface area contributed by atoms with Crippen molar-refractivity contribution >= 4 is 45.1 Å². The molecule has 0 saturated carbocycles. The first-order valence-corrected chi connectivity index (χ1v) is 12.2. The van der Waals surface area contributed by atoms with Crippen LogP contribution in [0.1, 0.15) is 35.5 Å². The summed E-state index contributed by atoms with van der Waals surface area (Å²) in [5.74, 6) is -0.804. The number of amides is 2. The van der Waals surface area contributed by atoms with Gasteiger partial charge in [0.15, 0.2) is 16.6 Å². The van der Waals surface area contributed by atoms with Crippen LogP contribution in [0, 0.1) is 5.82 Å². The first-order valence-electron chi connectivity index (χ1n) is 11.3. The summed E-state index contributed by atoms with van der Waals surface area (Å²) in [5, 5.41) is 12.9. The van der Waals surface area contributed by atoms with Crippen molar-refractivity contribution in [1.29, 1.82) is 0 Å². The van der Waals surface area contributed by atoms with Crippen molar-refractivity contribution in [3.05, 3.63) is 76.8 Å². The number of rotatable bonds is 5. The van der Waals surface area contributed by atoms with Crippen LogP contribution in [0.3, 0.4) is 0 Å². The fourth-order valence-electron chi connectivity index (χ4n) is 4.31. The maximum atomic E-state index is 14.4. The summed E-state index contributed by atoms with van der Waals surface area (Å²) in [4.78, 5) is 43.8. The average molecular weight is 515 g/mol. The van der Waals surface area contributed by atoms with Gasteiger partial charge in [-0.3, -0.25) is 14.9 Å². The number of halogens is 1. The number of carbonyl (C=O) groups excluding carboxylic acids is 2. The minimum absolute atomic E-state index is 0.0410. The van der Waals surface area contributed by atoms with E-state index in [9.17, 15) is 14.0 Å². The molecule has 0 bridgehead atoms. The normalized spacial score (nSPS) is 14.0. The first-order chi connectivity index (χ1) is 17.8. The van der Waals surface area contributed by atoms with Crippen molar-refractivity contribution in [3.8, 4) is 11.5 Å². The van der Waals surface area contributed by atoms with E-state index in [0.717, 1.165) is 0 Å². The lowest BCUT2D eigenvalue weighted by Gasteiger charge is -2.17. The number of hydrogen-bond donors (Lipinski definition) is 2. The predicted molar refractivity (Wildman–Crippen MR) is 136 cm³/mol. The van der Waals surface area contributed by atoms with Crippen LogP contribution in [-0.4, -0.2) is 41.5 Å². The van der Waals surface area contributed by atoms with Crippen LogP contribution in [0.15, 0.2) is 54.2 Å². The molecule has 0 fully saturated rings. The van der Waals surface area contributed by atoms with Crippen molar-refractivity contribution in [1.82, 2.24) is 29.7 Å². The number of carbonyl (C=O) groups is 2. The third-order valence-corrected chi connectivity index (χ3v) is 6.89. The Bertz CT molecular complexity index is 1700. The number of anilines is 2. The third kappa shape index (κ3) is 3.82. The molecule has 0 aliphatic carbocycles. The van der Waals surface area contributed by atoms with Gasteiger partial charge in [-0.15, -0.1) is 11.3 Å². The Morgan fingerprint density at radius 2 is 1.97 bits per heavy atom. The van der Waals surface area contributed by atoms with Crippen LogP contribution >= 0.6 is 11.3 Å². The number of hydrogen-bond acceptors (Lipinski definition) is 8. The number of nitrogens with one attached hydrogen (secondary N) is 2. The van der Waals surface area contributed by atoms with Gasteiger partial charge in [0, 0.05) is 28.9 Å². The lowest BCUT2D eigenvalue weighted by Crippen LogP contribution is -2.29. The Hall–Kier alpha value is -4.58. The van der Waals surface area contributed by atoms with Gasteiger partial charge in [-0.2, -0.15) is 5.10 Å². The molecule has 184 valence electrons. The number of pyridine rings is 1. The van der Waals surface area contributed by atoms with Crippen LogP contribution in [0.5, 0.6) is 0 Å². The lowest BCUT2D eigenvalue weighted by atomic mass is 9.85. The summed E-state index contributed by atoms with van der Waals surface area (Å²) < 4.78 is 16.0. The molecule has 1 aliphatic rings. The van der Waals surface area contributed by atoms with Crippen molar-refractivity contribution in [2.45, 2.75) is 25.8 Å². The van der Waals surface area contributed by atoms with Gasteiger partial charge in [0.05, 0.1) is 17.3 Å². The van der Waals surface area contributed by atoms with E-state index < -0.39 is 11.3 Å². The van der Waals surface area contributed by atoms with E-state index in [1.54, 1.807) is 66.6 Å². The van der Waals surface area contributed by atoms with Crippen molar-refractivity contribution in [3.63, 3.8) is 0 Å². The zero-order valence-corrected chi connectivity index (χ0v) is 20.5. The van der Waals surface area contributed by atoms with Gasteiger partial charge in [-0.05, 0) is 32.0 Å². The topological polar surface area (TPSA) is 128 Å². The number of aromatic nitrogens is 6. The fraction of sp³-hybridized carbons (Fsp3) is 0.160. The molecular formula is C25H19FN8O2S. The highest BCUT2D eigenvalue weighted by atomic mass is 32.1. The summed E-state index contributed by atoms with van der Waals surface area (Å²) in [6.45, 7) is 3.55. The van der Waals surface area contributed by atoms with Crippen LogP contribution in [-0.2, 0) is 16.8 Å². The molecule has 0 atom stereocenters. The van der Waals surface area contributed by atoms with Crippen LogP contribution in [0.2, 0.25) is 0 Å². The molecule has 0 saturated heterocycles. The SMILES string of the molecule is CC1(C)C(=O)Nc2nc(-c3nn(Cc4ccccc4F)c4ncccc34)nc(C(=O)Nc3nccs3)c21. The molecule has 0 unspecified atom stereocenters. The van der Waals surface area contributed by atoms with E-state index in [4.69, 9.17) is 0 Å². The largest absolute Gasteiger partial charge is 0.310 e. The molecule has 1 aromatic carbocycles. The van der Waals surface area contributed by atoms with Gasteiger partial charge in [0.25, 0.3) is 5.91 Å². The van der Waals surface area contributed by atoms with E-state index in [1.165, 1.54) is 17.4 Å². The van der Waals surface area contributed by atoms with Crippen LogP contribution < -0.4 is 10.6 Å². The monoisotopic (exact) mass is 514 g/mol. The highest BCUT2D eigenvalue weighted by Gasteiger charge is 2.44. The third-order valence-electron chi connectivity index (χ3n) is 6.20. The Morgan fingerprint density at radius 3 is 2.76 bits per heavy atom. The van der Waals surface area contributed by atoms with Gasteiger partial charge in [0.2, 0.25) is 5.91 Å². The molecule has 0 spiro atoms. The van der Waals surface area contributed by atoms with Gasteiger partial charge in [-0.25, -0.2) is 29.0 Å². The average Bonchev–Trinajstić information content (AvgIpc) is 3.58. The smallest absolute Gasteiger partial charge is 0.276 e. The van der Waals surface area contributed by atoms with E-state index in [0.29, 0.717) is 33.0 Å². The molecule has 37 heavy (non-hydrogen) atoms. The zero-order chi connectivity index (χ0) is 25.7. The Balaban J connectivity index is 1.51. The Labute approximate surface area is 213 Å². The molecule has 6 rings (SSSR count). The standard InChI is InChI=1S/C25H19FN8O2S/c1-25(2)16-18(22(35)32-24-28-10-11-37-24)29-20(30-19(16)31-23(25)36)17-14-7-5-9-27-21(14)34(33-17)12-13-6-3-4-8-15(13)26/h3-11H,12H2,1-2H3,(H,28,32,35)(H,29,30,31,36). The second kappa shape index (κ2) is 8.52. The van der Waals surface area contributed by atoms with E-state index >= 15 is 0 Å². The van der Waals surface area contributed by atoms with Gasteiger partial charge in [-0.1, -0.05) is 18.2 Å². The highest BCUT2D eigenvalue weighted by Crippen LogP contribution is 2.40. The number of nitrogens with zero attached hydrogens (tertiary/aromatic N) is 6. The molecule has 10 nitrogen and oxygen atoms in total. The molecule has 2 N–H and O–H groups in total. The van der Waals surface area contributed by atoms with Crippen LogP contribution in [0.4, 0.5) is 15.3 Å². The Morgan fingerprint density at radius 1 is 1.14 bits per heavy atom. The molecule has 12 heteroatoms. The second-order valence-electron chi connectivity index (χ2n) is 8.96. The predicted octanol–water partition coefficient (Wildman–Crippen LogP) is 4.01. The summed E-state index contributed by atoms with van der Waals surface area (Å²) in [7, 11) is 0. The van der Waals surface area contributed by atoms with E-state index in [2.05, 4.69) is 35.7 Å². The molecular weight excluding hydrogens is 495 g/mol. The molecule has 5 heterocycles. The molecule has 5 aromatic rings. The summed E-state index contributed by atoms with van der Waals surface area (Å²) >= 11 is 1.26. The van der Waals surface area contributed by atoms with E-state index in [-0.39, 0.29) is 35.6 Å². The molecule has 0 radical (unpaired) electrons. The fourth-order valence-corrected chi connectivity index (χ4v) is 4.83. The zero-order valence-electron chi connectivity index (χ0n) is 19.7. The maximum Gasteiger partial charge on any atom is 0.276 e. The minimum atomic E-state index is -1.03. The first kappa shape index (κ1) is 22.9. The summed E-state index contributed by atoms with van der Waals surface area (Å²) in [6.07, 6.45) is 3.19. The molecule has 1 aliphatic heterocycles. The number of fused-ring (bicyclic) bond motifs is 2. The van der Waals surface area contributed by atoms with E-state index in [1.807, 2.05) is 0 Å². The minimum Gasteiger partial charge on any atom is -0.310 e. The van der Waals surface area contributed by atoms with Crippen LogP contribution in [0.25, 0.3) is 22.6 Å². The summed E-state index contributed by atoms with van der Waals surface area (Å²) in [6, 6.07) is 9.98. The maximum absolute atomic E-state index is 14.4. The highest BCUT2D eigenvalue weighted by molar-refractivity contribution is 7.13. The van der Waals surface area contributed by atoms with Gasteiger partial charge < -0.3 is 5.32 Å². The lowest BCUT2D eigenvalue weighted by molar-refractivity contribution is -0.119. The molecule has 2 amide bonds. The summed E-state index contributed by atoms with van der Waals surface area (Å²) in [5.41, 5.74) is 0.698. The second-order valence-corrected chi connectivity index (χ2v) is 9.86. The molecule has 4 aromatic heterocycles. The van der Waals surface area contributed by atoms with Gasteiger partial charge >= 0.3 is 0 Å².